The van der Waals surface area contributed by atoms with E-state index in [4.69, 9.17) is 9.47 Å². The van der Waals surface area contributed by atoms with Gasteiger partial charge in [-0.15, -0.1) is 0 Å². The SMILES string of the molecule is CC(C)(C)OC(=O)N[C@@H]1CN(C(=O)OCC2c3ccccc3-c3ccccc32)C[C@H]1NC(=O)c1cccc(C(=O)O)n1. The van der Waals surface area contributed by atoms with Crippen LogP contribution in [0.1, 0.15) is 58.8 Å². The van der Waals surface area contributed by atoms with Gasteiger partial charge in [-0.05, 0) is 55.2 Å². The van der Waals surface area contributed by atoms with Gasteiger partial charge in [0, 0.05) is 19.0 Å². The molecule has 11 heteroatoms. The molecule has 0 bridgehead atoms. The monoisotopic (exact) mass is 572 g/mol. The Hall–Kier alpha value is -4.93. The molecule has 0 saturated carbocycles. The zero-order valence-electron chi connectivity index (χ0n) is 23.5. The minimum atomic E-state index is -1.27. The smallest absolute Gasteiger partial charge is 0.409 e. The highest BCUT2D eigenvalue weighted by atomic mass is 16.6. The fraction of sp³-hybridized carbons (Fsp3) is 0.323. The number of nitrogens with one attached hydrogen (secondary N) is 2. The van der Waals surface area contributed by atoms with Gasteiger partial charge in [-0.2, -0.15) is 0 Å². The number of ether oxygens (including phenoxy) is 2. The number of carboxylic acid groups (broad SMARTS) is 1. The number of rotatable bonds is 6. The molecular formula is C31H32N4O7. The van der Waals surface area contributed by atoms with E-state index < -0.39 is 41.7 Å². The number of nitrogens with zero attached hydrogens (tertiary/aromatic N) is 2. The third-order valence-corrected chi connectivity index (χ3v) is 7.13. The van der Waals surface area contributed by atoms with Crippen LogP contribution in [0.3, 0.4) is 0 Å². The molecule has 1 fully saturated rings. The molecule has 1 aromatic heterocycles. The summed E-state index contributed by atoms with van der Waals surface area (Å²) in [7, 11) is 0. The van der Waals surface area contributed by atoms with Gasteiger partial charge in [0.15, 0.2) is 0 Å². The number of likely N-dealkylation sites (tertiary alicyclic amines) is 1. The number of pyridine rings is 1. The molecule has 1 aliphatic carbocycles. The van der Waals surface area contributed by atoms with Gasteiger partial charge in [0.25, 0.3) is 5.91 Å². The lowest BCUT2D eigenvalue weighted by Gasteiger charge is -2.24. The van der Waals surface area contributed by atoms with E-state index >= 15 is 0 Å². The van der Waals surface area contributed by atoms with Crippen LogP contribution in [0, 0.1) is 0 Å². The summed E-state index contributed by atoms with van der Waals surface area (Å²) in [5.74, 6) is -2.03. The summed E-state index contributed by atoms with van der Waals surface area (Å²) in [4.78, 5) is 55.5. The lowest BCUT2D eigenvalue weighted by Crippen LogP contribution is -2.52. The molecule has 2 heterocycles. The zero-order chi connectivity index (χ0) is 30.0. The minimum Gasteiger partial charge on any atom is -0.477 e. The van der Waals surface area contributed by atoms with Crippen molar-refractivity contribution in [3.05, 3.63) is 89.2 Å². The molecule has 0 spiro atoms. The average Bonchev–Trinajstić information content (AvgIpc) is 3.49. The molecule has 2 atom stereocenters. The van der Waals surface area contributed by atoms with Crippen LogP contribution in [-0.4, -0.2) is 76.4 Å². The Kier molecular flexibility index (Phi) is 7.84. The van der Waals surface area contributed by atoms with E-state index in [1.807, 2.05) is 36.4 Å². The number of carboxylic acids is 1. The van der Waals surface area contributed by atoms with Crippen molar-refractivity contribution in [1.82, 2.24) is 20.5 Å². The first-order valence-corrected chi connectivity index (χ1v) is 13.6. The van der Waals surface area contributed by atoms with E-state index in [0.29, 0.717) is 0 Å². The highest BCUT2D eigenvalue weighted by Gasteiger charge is 2.39. The predicted molar refractivity (Wildman–Crippen MR) is 152 cm³/mol. The molecule has 5 rings (SSSR count). The molecule has 3 aromatic rings. The number of aromatic carboxylic acids is 1. The summed E-state index contributed by atoms with van der Waals surface area (Å²) in [6.07, 6.45) is -1.29. The maximum atomic E-state index is 13.3. The van der Waals surface area contributed by atoms with Gasteiger partial charge in [0.2, 0.25) is 0 Å². The van der Waals surface area contributed by atoms with Gasteiger partial charge in [0.1, 0.15) is 23.6 Å². The van der Waals surface area contributed by atoms with Crippen molar-refractivity contribution < 1.29 is 33.8 Å². The van der Waals surface area contributed by atoms with E-state index in [2.05, 4.69) is 27.8 Å². The summed E-state index contributed by atoms with van der Waals surface area (Å²) in [6, 6.07) is 18.7. The Bertz CT molecular complexity index is 1490. The van der Waals surface area contributed by atoms with Gasteiger partial charge >= 0.3 is 18.2 Å². The number of aromatic nitrogens is 1. The number of hydrogen-bond donors (Lipinski definition) is 3. The van der Waals surface area contributed by atoms with Crippen molar-refractivity contribution in [3.8, 4) is 11.1 Å². The van der Waals surface area contributed by atoms with Crippen LogP contribution in [-0.2, 0) is 9.47 Å². The van der Waals surface area contributed by atoms with Crippen LogP contribution in [0.2, 0.25) is 0 Å². The highest BCUT2D eigenvalue weighted by molar-refractivity contribution is 5.94. The summed E-state index contributed by atoms with van der Waals surface area (Å²) in [6.45, 7) is 5.40. The van der Waals surface area contributed by atoms with Gasteiger partial charge in [-0.25, -0.2) is 19.4 Å². The largest absolute Gasteiger partial charge is 0.477 e. The van der Waals surface area contributed by atoms with Crippen molar-refractivity contribution in [1.29, 1.82) is 0 Å². The Morgan fingerprint density at radius 2 is 1.43 bits per heavy atom. The lowest BCUT2D eigenvalue weighted by molar-refractivity contribution is 0.0494. The minimum absolute atomic E-state index is 0.0432. The van der Waals surface area contributed by atoms with E-state index in [9.17, 15) is 24.3 Å². The van der Waals surface area contributed by atoms with Gasteiger partial charge in [-0.3, -0.25) is 4.79 Å². The van der Waals surface area contributed by atoms with Crippen LogP contribution in [0.4, 0.5) is 9.59 Å². The Balaban J connectivity index is 1.29. The molecular weight excluding hydrogens is 540 g/mol. The second-order valence-electron chi connectivity index (χ2n) is 11.3. The number of carbonyl (C=O) groups is 4. The number of alkyl carbamates (subject to hydrolysis) is 1. The Morgan fingerprint density at radius 3 is 2.02 bits per heavy atom. The summed E-state index contributed by atoms with van der Waals surface area (Å²) in [5, 5.41) is 14.7. The lowest BCUT2D eigenvalue weighted by atomic mass is 9.98. The van der Waals surface area contributed by atoms with Crippen LogP contribution < -0.4 is 10.6 Å². The van der Waals surface area contributed by atoms with Gasteiger partial charge < -0.3 is 30.1 Å². The third-order valence-electron chi connectivity index (χ3n) is 7.13. The van der Waals surface area contributed by atoms with Crippen LogP contribution in [0.25, 0.3) is 11.1 Å². The average molecular weight is 573 g/mol. The number of benzene rings is 2. The van der Waals surface area contributed by atoms with Crippen LogP contribution in [0.15, 0.2) is 66.7 Å². The molecule has 218 valence electrons. The summed E-state index contributed by atoms with van der Waals surface area (Å²) in [5.41, 5.74) is 3.25. The normalized spacial score (nSPS) is 17.6. The molecule has 2 aliphatic rings. The topological polar surface area (TPSA) is 147 Å². The van der Waals surface area contributed by atoms with Crippen molar-refractivity contribution in [2.45, 2.75) is 44.4 Å². The zero-order valence-corrected chi connectivity index (χ0v) is 23.5. The Labute approximate surface area is 242 Å². The van der Waals surface area contributed by atoms with Crippen LogP contribution >= 0.6 is 0 Å². The predicted octanol–water partition coefficient (Wildman–Crippen LogP) is 4.04. The van der Waals surface area contributed by atoms with Crippen LogP contribution in [0.5, 0.6) is 0 Å². The summed E-state index contributed by atoms with van der Waals surface area (Å²) < 4.78 is 11.2. The first-order valence-electron chi connectivity index (χ1n) is 13.6. The number of fused-ring (bicyclic) bond motifs is 3. The van der Waals surface area contributed by atoms with E-state index in [0.717, 1.165) is 22.3 Å². The van der Waals surface area contributed by atoms with Crippen molar-refractivity contribution in [2.75, 3.05) is 19.7 Å². The standard InChI is InChI=1S/C31H32N4O7/c1-31(2,3)42-29(39)34-26-16-35(15-25(26)33-27(36)23-13-8-14-24(32-23)28(37)38)30(40)41-17-22-20-11-6-4-9-18(20)19-10-5-7-12-21(19)22/h4-14,22,25-26H,15-17H2,1-3H3,(H,33,36)(H,34,39)(H,37,38)/t25-,26-/m1/s1. The molecule has 1 aliphatic heterocycles. The van der Waals surface area contributed by atoms with E-state index in [1.54, 1.807) is 20.8 Å². The second-order valence-corrected chi connectivity index (χ2v) is 11.3. The molecule has 0 radical (unpaired) electrons. The molecule has 1 saturated heterocycles. The van der Waals surface area contributed by atoms with Crippen molar-refractivity contribution >= 4 is 24.1 Å². The van der Waals surface area contributed by atoms with Crippen molar-refractivity contribution in [2.24, 2.45) is 0 Å². The number of carbonyl (C=O) groups excluding carboxylic acids is 3. The van der Waals surface area contributed by atoms with Gasteiger partial charge in [-0.1, -0.05) is 54.6 Å². The fourth-order valence-corrected chi connectivity index (χ4v) is 5.31. The highest BCUT2D eigenvalue weighted by Crippen LogP contribution is 2.44. The molecule has 2 aromatic carbocycles. The maximum absolute atomic E-state index is 13.3. The molecule has 42 heavy (non-hydrogen) atoms. The summed E-state index contributed by atoms with van der Waals surface area (Å²) >= 11 is 0. The molecule has 3 N–H and O–H groups in total. The third kappa shape index (κ3) is 6.19. The second kappa shape index (κ2) is 11.5. The van der Waals surface area contributed by atoms with E-state index in [1.165, 1.54) is 23.1 Å². The van der Waals surface area contributed by atoms with Gasteiger partial charge in [0.05, 0.1) is 12.1 Å². The quantitative estimate of drug-likeness (QED) is 0.401. The first kappa shape index (κ1) is 28.6. The fourth-order valence-electron chi connectivity index (χ4n) is 5.31. The number of amides is 3. The molecule has 3 amide bonds. The Morgan fingerprint density at radius 1 is 0.857 bits per heavy atom. The molecule has 11 nitrogen and oxygen atoms in total. The maximum Gasteiger partial charge on any atom is 0.409 e. The molecule has 0 unspecified atom stereocenters. The first-order chi connectivity index (χ1) is 20.0. The van der Waals surface area contributed by atoms with Crippen molar-refractivity contribution in [3.63, 3.8) is 0 Å². The van der Waals surface area contributed by atoms with E-state index in [-0.39, 0.29) is 37.0 Å². The number of hydrogen-bond acceptors (Lipinski definition) is 7.